The van der Waals surface area contributed by atoms with Crippen molar-refractivity contribution < 1.29 is 19.4 Å². The van der Waals surface area contributed by atoms with Crippen molar-refractivity contribution in [3.8, 4) is 11.5 Å². The summed E-state index contributed by atoms with van der Waals surface area (Å²) in [5.41, 5.74) is 0.126. The number of esters is 1. The number of aromatic hydroxyl groups is 1. The molecule has 1 N–H and O–H groups in total. The zero-order valence-electron chi connectivity index (χ0n) is 8.41. The summed E-state index contributed by atoms with van der Waals surface area (Å²) in [4.78, 5) is 11.4. The lowest BCUT2D eigenvalue weighted by molar-refractivity contribution is 0.0522. The average Bonchev–Trinajstić information content (AvgIpc) is 2.21. The zero-order chi connectivity index (χ0) is 11.4. The second kappa shape index (κ2) is 5.20. The molecule has 0 aliphatic rings. The van der Waals surface area contributed by atoms with E-state index in [2.05, 4.69) is 0 Å². The highest BCUT2D eigenvalue weighted by molar-refractivity contribution is 14.1. The van der Waals surface area contributed by atoms with Crippen molar-refractivity contribution in [1.82, 2.24) is 0 Å². The molecule has 0 fully saturated rings. The van der Waals surface area contributed by atoms with Crippen molar-refractivity contribution in [1.29, 1.82) is 0 Å². The SMILES string of the molecule is CCOC(=O)c1cc(I)cc(OC)c1O. The second-order valence-corrected chi connectivity index (χ2v) is 3.97. The van der Waals surface area contributed by atoms with Crippen LogP contribution in [0, 0.1) is 3.57 Å². The number of rotatable bonds is 3. The van der Waals surface area contributed by atoms with E-state index in [1.54, 1.807) is 19.1 Å². The van der Waals surface area contributed by atoms with Crippen molar-refractivity contribution in [3.63, 3.8) is 0 Å². The smallest absolute Gasteiger partial charge is 0.342 e. The third-order valence-electron chi connectivity index (χ3n) is 1.75. The van der Waals surface area contributed by atoms with E-state index in [-0.39, 0.29) is 23.7 Å². The van der Waals surface area contributed by atoms with Crippen LogP contribution in [-0.2, 0) is 4.74 Å². The Morgan fingerprint density at radius 3 is 2.73 bits per heavy atom. The Morgan fingerprint density at radius 1 is 1.53 bits per heavy atom. The molecule has 0 aliphatic carbocycles. The summed E-state index contributed by atoms with van der Waals surface area (Å²) in [5, 5.41) is 9.68. The van der Waals surface area contributed by atoms with E-state index in [4.69, 9.17) is 9.47 Å². The third kappa shape index (κ3) is 2.74. The Balaban J connectivity index is 3.17. The Labute approximate surface area is 101 Å². The highest BCUT2D eigenvalue weighted by atomic mass is 127. The molecule has 1 aromatic rings. The van der Waals surface area contributed by atoms with Gasteiger partial charge in [-0.3, -0.25) is 0 Å². The average molecular weight is 322 g/mol. The molecule has 0 unspecified atom stereocenters. The van der Waals surface area contributed by atoms with Crippen LogP contribution in [0.3, 0.4) is 0 Å². The van der Waals surface area contributed by atoms with E-state index < -0.39 is 5.97 Å². The lowest BCUT2D eigenvalue weighted by atomic mass is 10.2. The molecule has 0 heterocycles. The number of carbonyl (C=O) groups is 1. The first kappa shape index (κ1) is 12.1. The van der Waals surface area contributed by atoms with Gasteiger partial charge < -0.3 is 14.6 Å². The van der Waals surface area contributed by atoms with Gasteiger partial charge in [-0.25, -0.2) is 4.79 Å². The lowest BCUT2D eigenvalue weighted by Crippen LogP contribution is -2.06. The number of methoxy groups -OCH3 is 1. The summed E-state index contributed by atoms with van der Waals surface area (Å²) >= 11 is 2.03. The van der Waals surface area contributed by atoms with Crippen LogP contribution in [0.25, 0.3) is 0 Å². The van der Waals surface area contributed by atoms with Gasteiger partial charge in [-0.1, -0.05) is 0 Å². The predicted octanol–water partition coefficient (Wildman–Crippen LogP) is 2.18. The van der Waals surface area contributed by atoms with Crippen LogP contribution < -0.4 is 4.74 Å². The fraction of sp³-hybridized carbons (Fsp3) is 0.300. The first-order valence-corrected chi connectivity index (χ1v) is 5.41. The number of phenols is 1. The minimum absolute atomic E-state index is 0.126. The Kier molecular flexibility index (Phi) is 4.19. The summed E-state index contributed by atoms with van der Waals surface area (Å²) in [5.74, 6) is -0.465. The predicted molar refractivity (Wildman–Crippen MR) is 63.3 cm³/mol. The maximum Gasteiger partial charge on any atom is 0.342 e. The molecule has 0 saturated heterocycles. The summed E-state index contributed by atoms with van der Waals surface area (Å²) in [6.07, 6.45) is 0. The van der Waals surface area contributed by atoms with Gasteiger partial charge in [0.25, 0.3) is 0 Å². The van der Waals surface area contributed by atoms with Crippen LogP contribution in [0.4, 0.5) is 0 Å². The maximum atomic E-state index is 11.4. The van der Waals surface area contributed by atoms with Crippen LogP contribution in [0.5, 0.6) is 11.5 Å². The van der Waals surface area contributed by atoms with Gasteiger partial charge in [0.1, 0.15) is 5.56 Å². The normalized spacial score (nSPS) is 9.80. The van der Waals surface area contributed by atoms with Crippen molar-refractivity contribution in [2.24, 2.45) is 0 Å². The summed E-state index contributed by atoms with van der Waals surface area (Å²) in [6.45, 7) is 1.98. The number of ether oxygens (including phenoxy) is 2. The molecule has 15 heavy (non-hydrogen) atoms. The van der Waals surface area contributed by atoms with Gasteiger partial charge in [0.15, 0.2) is 11.5 Å². The van der Waals surface area contributed by atoms with Crippen molar-refractivity contribution in [2.75, 3.05) is 13.7 Å². The number of hydrogen-bond acceptors (Lipinski definition) is 4. The quantitative estimate of drug-likeness (QED) is 0.685. The van der Waals surface area contributed by atoms with Crippen molar-refractivity contribution in [2.45, 2.75) is 6.92 Å². The molecule has 0 spiro atoms. The van der Waals surface area contributed by atoms with E-state index in [1.807, 2.05) is 22.6 Å². The molecule has 1 rings (SSSR count). The number of carbonyl (C=O) groups excluding carboxylic acids is 1. The highest BCUT2D eigenvalue weighted by Gasteiger charge is 2.17. The van der Waals surface area contributed by atoms with E-state index in [1.165, 1.54) is 7.11 Å². The van der Waals surface area contributed by atoms with Crippen molar-refractivity contribution in [3.05, 3.63) is 21.3 Å². The fourth-order valence-corrected chi connectivity index (χ4v) is 1.69. The molecular weight excluding hydrogens is 311 g/mol. The molecule has 0 atom stereocenters. The largest absolute Gasteiger partial charge is 0.504 e. The summed E-state index contributed by atoms with van der Waals surface area (Å²) < 4.78 is 10.5. The monoisotopic (exact) mass is 322 g/mol. The molecule has 1 aromatic carbocycles. The molecule has 4 nitrogen and oxygen atoms in total. The molecule has 82 valence electrons. The summed E-state index contributed by atoms with van der Waals surface area (Å²) in [7, 11) is 1.43. The molecule has 5 heteroatoms. The Hall–Kier alpha value is -0.980. The topological polar surface area (TPSA) is 55.8 Å². The molecule has 0 bridgehead atoms. The third-order valence-corrected chi connectivity index (χ3v) is 2.38. The molecule has 0 saturated carbocycles. The van der Waals surface area contributed by atoms with Gasteiger partial charge >= 0.3 is 5.97 Å². The van der Waals surface area contributed by atoms with E-state index in [9.17, 15) is 9.90 Å². The van der Waals surface area contributed by atoms with E-state index in [0.29, 0.717) is 0 Å². The van der Waals surface area contributed by atoms with Crippen LogP contribution in [0.15, 0.2) is 12.1 Å². The highest BCUT2D eigenvalue weighted by Crippen LogP contribution is 2.32. The number of hydrogen-bond donors (Lipinski definition) is 1. The Bertz CT molecular complexity index is 376. The van der Waals surface area contributed by atoms with E-state index in [0.717, 1.165) is 3.57 Å². The fourth-order valence-electron chi connectivity index (χ4n) is 1.09. The van der Waals surface area contributed by atoms with Gasteiger partial charge in [-0.15, -0.1) is 0 Å². The van der Waals surface area contributed by atoms with Crippen molar-refractivity contribution >= 4 is 28.6 Å². The maximum absolute atomic E-state index is 11.4. The minimum Gasteiger partial charge on any atom is -0.504 e. The molecule has 0 radical (unpaired) electrons. The van der Waals surface area contributed by atoms with Crippen LogP contribution in [0.2, 0.25) is 0 Å². The minimum atomic E-state index is -0.549. The standard InChI is InChI=1S/C10H11IO4/c1-3-15-10(13)7-4-6(11)5-8(14-2)9(7)12/h4-5,12H,3H2,1-2H3. The van der Waals surface area contributed by atoms with Crippen LogP contribution in [-0.4, -0.2) is 24.8 Å². The van der Waals surface area contributed by atoms with Gasteiger partial charge in [0, 0.05) is 3.57 Å². The lowest BCUT2D eigenvalue weighted by Gasteiger charge is -2.08. The first-order chi connectivity index (χ1) is 7.10. The molecule has 0 aliphatic heterocycles. The van der Waals surface area contributed by atoms with Gasteiger partial charge in [-0.2, -0.15) is 0 Å². The summed E-state index contributed by atoms with van der Waals surface area (Å²) in [6, 6.07) is 3.19. The molecule has 0 amide bonds. The molecular formula is C10H11IO4. The number of benzene rings is 1. The van der Waals surface area contributed by atoms with Gasteiger partial charge in [-0.05, 0) is 41.6 Å². The van der Waals surface area contributed by atoms with Gasteiger partial charge in [0.2, 0.25) is 0 Å². The number of phenolic OH excluding ortho intramolecular Hbond substituents is 1. The van der Waals surface area contributed by atoms with Gasteiger partial charge in [0.05, 0.1) is 13.7 Å². The van der Waals surface area contributed by atoms with Crippen LogP contribution in [0.1, 0.15) is 17.3 Å². The first-order valence-electron chi connectivity index (χ1n) is 4.33. The van der Waals surface area contributed by atoms with E-state index >= 15 is 0 Å². The zero-order valence-corrected chi connectivity index (χ0v) is 10.6. The number of halogens is 1. The second-order valence-electron chi connectivity index (χ2n) is 2.72. The molecule has 0 aromatic heterocycles. The Morgan fingerprint density at radius 2 is 2.20 bits per heavy atom. The van der Waals surface area contributed by atoms with Crippen LogP contribution >= 0.6 is 22.6 Å².